The molecular formula is C27H20ClN3O4. The number of imide groups is 1. The van der Waals surface area contributed by atoms with Gasteiger partial charge in [0.15, 0.2) is 0 Å². The zero-order valence-corrected chi connectivity index (χ0v) is 19.2. The van der Waals surface area contributed by atoms with Gasteiger partial charge in [0.25, 0.3) is 5.91 Å². The van der Waals surface area contributed by atoms with E-state index in [1.807, 2.05) is 41.1 Å². The van der Waals surface area contributed by atoms with Crippen LogP contribution < -0.4 is 5.32 Å². The number of carbonyl (C=O) groups is 3. The summed E-state index contributed by atoms with van der Waals surface area (Å²) in [5, 5.41) is 13.5. The van der Waals surface area contributed by atoms with Crippen LogP contribution in [0.5, 0.6) is 0 Å². The van der Waals surface area contributed by atoms with Crippen molar-refractivity contribution in [2.45, 2.75) is 13.1 Å². The Morgan fingerprint density at radius 2 is 1.71 bits per heavy atom. The van der Waals surface area contributed by atoms with Gasteiger partial charge in [-0.25, -0.2) is 9.59 Å². The van der Waals surface area contributed by atoms with E-state index in [2.05, 4.69) is 5.32 Å². The van der Waals surface area contributed by atoms with E-state index in [1.165, 1.54) is 0 Å². The van der Waals surface area contributed by atoms with Gasteiger partial charge in [0.05, 0.1) is 12.1 Å². The quantitative estimate of drug-likeness (QED) is 0.292. The maximum Gasteiger partial charge on any atom is 0.335 e. The fourth-order valence-electron chi connectivity index (χ4n) is 4.16. The van der Waals surface area contributed by atoms with Crippen LogP contribution in [0, 0.1) is 0 Å². The Balaban J connectivity index is 1.45. The highest BCUT2D eigenvalue weighted by molar-refractivity contribution is 6.30. The van der Waals surface area contributed by atoms with Crippen molar-refractivity contribution in [3.05, 3.63) is 112 Å². The smallest absolute Gasteiger partial charge is 0.335 e. The average molecular weight is 486 g/mol. The van der Waals surface area contributed by atoms with Gasteiger partial charge in [-0.15, -0.1) is 0 Å². The molecular weight excluding hydrogens is 466 g/mol. The van der Waals surface area contributed by atoms with Crippen LogP contribution in [0.25, 0.3) is 17.0 Å². The normalized spacial score (nSPS) is 14.7. The summed E-state index contributed by atoms with van der Waals surface area (Å²) in [7, 11) is 0. The molecule has 5 rings (SSSR count). The highest BCUT2D eigenvalue weighted by Gasteiger charge is 2.33. The lowest BCUT2D eigenvalue weighted by Gasteiger charge is -2.11. The van der Waals surface area contributed by atoms with E-state index in [-0.39, 0.29) is 17.8 Å². The SMILES string of the molecule is O=C(O)c1cccc(Cn2cc(/C=C3\NC(=O)N(Cc4ccc(Cl)cc4)C3=O)c3ccccc32)c1. The Morgan fingerprint density at radius 3 is 2.49 bits per heavy atom. The molecule has 2 heterocycles. The summed E-state index contributed by atoms with van der Waals surface area (Å²) >= 11 is 5.92. The number of aromatic nitrogens is 1. The minimum Gasteiger partial charge on any atom is -0.478 e. The van der Waals surface area contributed by atoms with Gasteiger partial charge in [-0.05, 0) is 47.5 Å². The molecule has 1 aromatic heterocycles. The molecule has 35 heavy (non-hydrogen) atoms. The fraction of sp³-hybridized carbons (Fsp3) is 0.0741. The first-order valence-corrected chi connectivity index (χ1v) is 11.3. The zero-order chi connectivity index (χ0) is 24.5. The van der Waals surface area contributed by atoms with Crippen molar-refractivity contribution in [3.63, 3.8) is 0 Å². The van der Waals surface area contributed by atoms with Crippen LogP contribution in [0.1, 0.15) is 27.0 Å². The van der Waals surface area contributed by atoms with Gasteiger partial charge in [-0.1, -0.05) is 54.1 Å². The number of hydrogen-bond donors (Lipinski definition) is 2. The fourth-order valence-corrected chi connectivity index (χ4v) is 4.29. The number of nitrogens with one attached hydrogen (secondary N) is 1. The first-order chi connectivity index (χ1) is 16.9. The van der Waals surface area contributed by atoms with Crippen molar-refractivity contribution < 1.29 is 19.5 Å². The van der Waals surface area contributed by atoms with E-state index in [9.17, 15) is 19.5 Å². The van der Waals surface area contributed by atoms with E-state index in [4.69, 9.17) is 11.6 Å². The summed E-state index contributed by atoms with van der Waals surface area (Å²) in [5.74, 6) is -1.38. The van der Waals surface area contributed by atoms with E-state index in [0.717, 1.165) is 32.5 Å². The average Bonchev–Trinajstić information content (AvgIpc) is 3.32. The lowest BCUT2D eigenvalue weighted by atomic mass is 10.1. The summed E-state index contributed by atoms with van der Waals surface area (Å²) in [5.41, 5.74) is 3.74. The molecule has 1 fully saturated rings. The summed E-state index contributed by atoms with van der Waals surface area (Å²) in [6.45, 7) is 0.592. The molecule has 7 nitrogen and oxygen atoms in total. The van der Waals surface area contributed by atoms with Crippen LogP contribution in [0.3, 0.4) is 0 Å². The summed E-state index contributed by atoms with van der Waals surface area (Å²) in [6.07, 6.45) is 3.57. The second-order valence-electron chi connectivity index (χ2n) is 8.24. The summed E-state index contributed by atoms with van der Waals surface area (Å²) in [6, 6.07) is 21.0. The minimum absolute atomic E-state index is 0.140. The predicted molar refractivity (Wildman–Crippen MR) is 133 cm³/mol. The Hall–Kier alpha value is -4.36. The number of aromatic carboxylic acids is 1. The molecule has 0 saturated carbocycles. The van der Waals surface area contributed by atoms with E-state index in [0.29, 0.717) is 11.6 Å². The third-order valence-corrected chi connectivity index (χ3v) is 6.11. The van der Waals surface area contributed by atoms with Crippen LogP contribution in [0.2, 0.25) is 5.02 Å². The number of halogens is 1. The van der Waals surface area contributed by atoms with Crippen LogP contribution in [0.15, 0.2) is 84.7 Å². The number of rotatable bonds is 6. The van der Waals surface area contributed by atoms with Crippen molar-refractivity contribution >= 4 is 46.5 Å². The van der Waals surface area contributed by atoms with Gasteiger partial charge in [-0.3, -0.25) is 9.69 Å². The molecule has 8 heteroatoms. The maximum absolute atomic E-state index is 13.0. The molecule has 0 unspecified atom stereocenters. The number of amides is 3. The molecule has 174 valence electrons. The van der Waals surface area contributed by atoms with Crippen LogP contribution in [-0.2, 0) is 17.9 Å². The van der Waals surface area contributed by atoms with Crippen molar-refractivity contribution in [2.24, 2.45) is 0 Å². The number of carbonyl (C=O) groups excluding carboxylic acids is 2. The first-order valence-electron chi connectivity index (χ1n) is 10.9. The predicted octanol–water partition coefficient (Wildman–Crippen LogP) is 5.13. The number of benzene rings is 3. The molecule has 0 aliphatic carbocycles. The molecule has 0 bridgehead atoms. The minimum atomic E-state index is -0.978. The monoisotopic (exact) mass is 485 g/mol. The zero-order valence-electron chi connectivity index (χ0n) is 18.4. The molecule has 2 N–H and O–H groups in total. The van der Waals surface area contributed by atoms with Crippen molar-refractivity contribution in [1.29, 1.82) is 0 Å². The molecule has 3 aromatic carbocycles. The Morgan fingerprint density at radius 1 is 0.943 bits per heavy atom. The number of carboxylic acids is 1. The Kier molecular flexibility index (Phi) is 5.84. The van der Waals surface area contributed by atoms with E-state index in [1.54, 1.807) is 48.5 Å². The summed E-state index contributed by atoms with van der Waals surface area (Å²) in [4.78, 5) is 38.0. The molecule has 0 spiro atoms. The Bertz CT molecular complexity index is 1500. The number of para-hydroxylation sites is 1. The molecule has 0 atom stereocenters. The highest BCUT2D eigenvalue weighted by Crippen LogP contribution is 2.26. The Labute approximate surface area is 205 Å². The van der Waals surface area contributed by atoms with E-state index >= 15 is 0 Å². The number of hydrogen-bond acceptors (Lipinski definition) is 3. The van der Waals surface area contributed by atoms with Crippen LogP contribution in [0.4, 0.5) is 4.79 Å². The topological polar surface area (TPSA) is 91.6 Å². The molecule has 1 aliphatic heterocycles. The molecule has 1 aliphatic rings. The lowest BCUT2D eigenvalue weighted by molar-refractivity contribution is -0.123. The molecule has 0 radical (unpaired) electrons. The third kappa shape index (κ3) is 4.54. The first kappa shape index (κ1) is 22.4. The number of nitrogens with zero attached hydrogens (tertiary/aromatic N) is 2. The number of urea groups is 1. The second-order valence-corrected chi connectivity index (χ2v) is 8.68. The van der Waals surface area contributed by atoms with Gasteiger partial charge < -0.3 is 15.0 Å². The van der Waals surface area contributed by atoms with Crippen molar-refractivity contribution in [1.82, 2.24) is 14.8 Å². The van der Waals surface area contributed by atoms with E-state index < -0.39 is 17.9 Å². The summed E-state index contributed by atoms with van der Waals surface area (Å²) < 4.78 is 2.00. The van der Waals surface area contributed by atoms with Crippen LogP contribution in [-0.4, -0.2) is 32.5 Å². The van der Waals surface area contributed by atoms with Crippen molar-refractivity contribution in [2.75, 3.05) is 0 Å². The maximum atomic E-state index is 13.0. The molecule has 3 amide bonds. The van der Waals surface area contributed by atoms with Crippen LogP contribution >= 0.6 is 11.6 Å². The standard InChI is InChI=1S/C27H20ClN3O4/c28-21-10-8-17(9-11-21)15-31-25(32)23(29-27(31)35)13-20-16-30(24-7-2-1-6-22(20)24)14-18-4-3-5-19(12-18)26(33)34/h1-13,16H,14-15H2,(H,29,35)(H,33,34)/b23-13-. The van der Waals surface area contributed by atoms with Gasteiger partial charge >= 0.3 is 12.0 Å². The molecule has 4 aromatic rings. The van der Waals surface area contributed by atoms with Gasteiger partial charge in [0.2, 0.25) is 0 Å². The molecule has 1 saturated heterocycles. The van der Waals surface area contributed by atoms with Gasteiger partial charge in [-0.2, -0.15) is 0 Å². The second kappa shape index (κ2) is 9.12. The van der Waals surface area contributed by atoms with Gasteiger partial charge in [0.1, 0.15) is 5.70 Å². The highest BCUT2D eigenvalue weighted by atomic mass is 35.5. The van der Waals surface area contributed by atoms with Gasteiger partial charge in [0, 0.05) is 34.2 Å². The largest absolute Gasteiger partial charge is 0.478 e. The van der Waals surface area contributed by atoms with Crippen molar-refractivity contribution in [3.8, 4) is 0 Å². The number of fused-ring (bicyclic) bond motifs is 1. The third-order valence-electron chi connectivity index (χ3n) is 5.86. The lowest BCUT2D eigenvalue weighted by Crippen LogP contribution is -2.30. The number of carboxylic acid groups (broad SMARTS) is 1.